The van der Waals surface area contributed by atoms with Crippen molar-refractivity contribution in [2.75, 3.05) is 39.8 Å². The van der Waals surface area contributed by atoms with E-state index in [9.17, 15) is 9.59 Å². The highest BCUT2D eigenvalue weighted by Gasteiger charge is 2.29. The van der Waals surface area contributed by atoms with Crippen molar-refractivity contribution in [3.8, 4) is 0 Å². The molecular formula is C15H29N3O3. The molecule has 0 aromatic rings. The second-order valence-electron chi connectivity index (χ2n) is 6.72. The molecular weight excluding hydrogens is 270 g/mol. The van der Waals surface area contributed by atoms with Gasteiger partial charge < -0.3 is 19.8 Å². The maximum atomic E-state index is 12.5. The van der Waals surface area contributed by atoms with Crippen molar-refractivity contribution in [2.45, 2.75) is 45.6 Å². The van der Waals surface area contributed by atoms with E-state index in [0.717, 1.165) is 19.6 Å². The first kappa shape index (κ1) is 17.8. The Hall–Kier alpha value is -1.30. The number of carbonyl (C=O) groups is 2. The molecule has 0 atom stereocenters. The molecule has 1 rings (SSSR count). The lowest BCUT2D eigenvalue weighted by atomic mass is 10.1. The molecule has 0 radical (unpaired) electrons. The molecule has 1 heterocycles. The number of likely N-dealkylation sites (tertiary alicyclic amines) is 1. The van der Waals surface area contributed by atoms with Crippen molar-refractivity contribution in [3.05, 3.63) is 0 Å². The molecule has 0 aromatic carbocycles. The van der Waals surface area contributed by atoms with Crippen LogP contribution in [-0.4, -0.2) is 77.1 Å². The van der Waals surface area contributed by atoms with Gasteiger partial charge in [0.25, 0.3) is 0 Å². The third kappa shape index (κ3) is 5.91. The molecule has 6 heteroatoms. The molecule has 0 unspecified atom stereocenters. The number of likely N-dealkylation sites (N-methyl/N-ethyl adjacent to an activating group) is 1. The summed E-state index contributed by atoms with van der Waals surface area (Å²) in [7, 11) is 1.79. The summed E-state index contributed by atoms with van der Waals surface area (Å²) < 4.78 is 0. The van der Waals surface area contributed by atoms with E-state index in [0.29, 0.717) is 6.54 Å². The molecule has 0 bridgehead atoms. The molecule has 0 saturated carbocycles. The molecule has 2 amide bonds. The van der Waals surface area contributed by atoms with E-state index in [2.05, 4.69) is 4.90 Å². The first-order valence-electron chi connectivity index (χ1n) is 7.68. The van der Waals surface area contributed by atoms with Gasteiger partial charge in [0, 0.05) is 32.2 Å². The van der Waals surface area contributed by atoms with Crippen molar-refractivity contribution in [2.24, 2.45) is 0 Å². The zero-order valence-corrected chi connectivity index (χ0v) is 13.8. The van der Waals surface area contributed by atoms with Gasteiger partial charge in [0.15, 0.2) is 0 Å². The van der Waals surface area contributed by atoms with E-state index in [4.69, 9.17) is 5.11 Å². The number of hydrogen-bond donors (Lipinski definition) is 1. The Morgan fingerprint density at radius 3 is 2.19 bits per heavy atom. The molecule has 122 valence electrons. The minimum Gasteiger partial charge on any atom is -0.481 e. The topological polar surface area (TPSA) is 64.1 Å². The predicted molar refractivity (Wildman–Crippen MR) is 82.4 cm³/mol. The van der Waals surface area contributed by atoms with Crippen LogP contribution < -0.4 is 0 Å². The molecule has 0 aromatic heterocycles. The number of amides is 2. The Balaban J connectivity index is 2.54. The average molecular weight is 299 g/mol. The predicted octanol–water partition coefficient (Wildman–Crippen LogP) is 1.71. The first-order valence-corrected chi connectivity index (χ1v) is 7.68. The number of carboxylic acids is 1. The zero-order chi connectivity index (χ0) is 16.0. The van der Waals surface area contributed by atoms with Gasteiger partial charge in [0.05, 0.1) is 6.42 Å². The Labute approximate surface area is 127 Å². The van der Waals surface area contributed by atoms with Gasteiger partial charge in [-0.15, -0.1) is 0 Å². The summed E-state index contributed by atoms with van der Waals surface area (Å²) in [6.07, 6.45) is 2.46. The lowest BCUT2D eigenvalue weighted by Crippen LogP contribution is -2.52. The molecule has 1 aliphatic heterocycles. The van der Waals surface area contributed by atoms with Crippen LogP contribution in [0.4, 0.5) is 4.79 Å². The van der Waals surface area contributed by atoms with Crippen LogP contribution in [0.3, 0.4) is 0 Å². The van der Waals surface area contributed by atoms with Crippen molar-refractivity contribution in [1.29, 1.82) is 0 Å². The SMILES string of the molecule is CN(CCN1CCCC1)C(=O)N(CCC(=O)O)C(C)(C)C. The number of aliphatic carboxylic acids is 1. The van der Waals surface area contributed by atoms with E-state index in [1.54, 1.807) is 16.8 Å². The molecule has 1 N–H and O–H groups in total. The highest BCUT2D eigenvalue weighted by Crippen LogP contribution is 2.16. The number of hydrogen-bond acceptors (Lipinski definition) is 3. The van der Waals surface area contributed by atoms with Gasteiger partial charge >= 0.3 is 12.0 Å². The van der Waals surface area contributed by atoms with Gasteiger partial charge in [-0.05, 0) is 46.7 Å². The van der Waals surface area contributed by atoms with E-state index >= 15 is 0 Å². The Bertz CT molecular complexity index is 360. The maximum Gasteiger partial charge on any atom is 0.320 e. The van der Waals surface area contributed by atoms with Crippen molar-refractivity contribution < 1.29 is 14.7 Å². The zero-order valence-electron chi connectivity index (χ0n) is 13.8. The van der Waals surface area contributed by atoms with E-state index in [-0.39, 0.29) is 24.5 Å². The van der Waals surface area contributed by atoms with Crippen molar-refractivity contribution >= 4 is 12.0 Å². The maximum absolute atomic E-state index is 12.5. The summed E-state index contributed by atoms with van der Waals surface area (Å²) in [5.74, 6) is -0.878. The summed E-state index contributed by atoms with van der Waals surface area (Å²) in [4.78, 5) is 29.0. The molecule has 1 aliphatic rings. The quantitative estimate of drug-likeness (QED) is 0.811. The second kappa shape index (κ2) is 7.64. The third-order valence-corrected chi connectivity index (χ3v) is 3.87. The summed E-state index contributed by atoms with van der Waals surface area (Å²) in [5, 5.41) is 8.84. The van der Waals surface area contributed by atoms with E-state index in [1.165, 1.54) is 12.8 Å². The number of carboxylic acid groups (broad SMARTS) is 1. The van der Waals surface area contributed by atoms with Crippen molar-refractivity contribution in [1.82, 2.24) is 14.7 Å². The second-order valence-corrected chi connectivity index (χ2v) is 6.72. The Morgan fingerprint density at radius 2 is 1.71 bits per heavy atom. The van der Waals surface area contributed by atoms with Gasteiger partial charge in [0.1, 0.15) is 0 Å². The number of rotatable bonds is 6. The van der Waals surface area contributed by atoms with Crippen LogP contribution in [0.25, 0.3) is 0 Å². The van der Waals surface area contributed by atoms with Crippen LogP contribution in [0.1, 0.15) is 40.0 Å². The fraction of sp³-hybridized carbons (Fsp3) is 0.867. The minimum absolute atomic E-state index is 0.0248. The molecule has 1 fully saturated rings. The van der Waals surface area contributed by atoms with Crippen LogP contribution in [0.5, 0.6) is 0 Å². The van der Waals surface area contributed by atoms with Gasteiger partial charge in [-0.3, -0.25) is 4.79 Å². The molecule has 0 spiro atoms. The van der Waals surface area contributed by atoms with Gasteiger partial charge in [-0.1, -0.05) is 0 Å². The normalized spacial score (nSPS) is 16.0. The number of urea groups is 1. The minimum atomic E-state index is -0.878. The summed E-state index contributed by atoms with van der Waals surface area (Å²) in [6.45, 7) is 9.83. The van der Waals surface area contributed by atoms with E-state index < -0.39 is 5.97 Å². The standard InChI is InChI=1S/C15H29N3O3/c1-15(2,3)18(10-7-13(19)20)14(21)16(4)11-12-17-8-5-6-9-17/h5-12H2,1-4H3,(H,19,20). The molecule has 21 heavy (non-hydrogen) atoms. The number of carbonyl (C=O) groups excluding carboxylic acids is 1. The van der Waals surface area contributed by atoms with Crippen LogP contribution >= 0.6 is 0 Å². The highest BCUT2D eigenvalue weighted by molar-refractivity contribution is 5.76. The van der Waals surface area contributed by atoms with Crippen LogP contribution in [0.2, 0.25) is 0 Å². The monoisotopic (exact) mass is 299 g/mol. The van der Waals surface area contributed by atoms with Crippen LogP contribution in [0, 0.1) is 0 Å². The van der Waals surface area contributed by atoms with Gasteiger partial charge in [0.2, 0.25) is 0 Å². The molecule has 0 aliphatic carbocycles. The number of nitrogens with zero attached hydrogens (tertiary/aromatic N) is 3. The highest BCUT2D eigenvalue weighted by atomic mass is 16.4. The Morgan fingerprint density at radius 1 is 1.14 bits per heavy atom. The van der Waals surface area contributed by atoms with Gasteiger partial charge in [-0.2, -0.15) is 0 Å². The fourth-order valence-electron chi connectivity index (χ4n) is 2.52. The first-order chi connectivity index (χ1) is 9.71. The molecule has 1 saturated heterocycles. The summed E-state index contributed by atoms with van der Waals surface area (Å²) in [5.41, 5.74) is -0.381. The van der Waals surface area contributed by atoms with E-state index in [1.807, 2.05) is 20.8 Å². The summed E-state index contributed by atoms with van der Waals surface area (Å²) in [6, 6.07) is -0.0945. The van der Waals surface area contributed by atoms with Crippen LogP contribution in [-0.2, 0) is 4.79 Å². The third-order valence-electron chi connectivity index (χ3n) is 3.87. The average Bonchev–Trinajstić information content (AvgIpc) is 2.86. The van der Waals surface area contributed by atoms with Gasteiger partial charge in [-0.25, -0.2) is 4.79 Å². The largest absolute Gasteiger partial charge is 0.481 e. The fourth-order valence-corrected chi connectivity index (χ4v) is 2.52. The lowest BCUT2D eigenvalue weighted by Gasteiger charge is -2.38. The summed E-state index contributed by atoms with van der Waals surface area (Å²) >= 11 is 0. The van der Waals surface area contributed by atoms with Crippen molar-refractivity contribution in [3.63, 3.8) is 0 Å². The molecule has 6 nitrogen and oxygen atoms in total. The smallest absolute Gasteiger partial charge is 0.320 e. The van der Waals surface area contributed by atoms with Crippen LogP contribution in [0.15, 0.2) is 0 Å². The Kier molecular flexibility index (Phi) is 6.45. The lowest BCUT2D eigenvalue weighted by molar-refractivity contribution is -0.137.